The Bertz CT molecular complexity index is 1110. The number of carbonyl (C=O) groups is 1. The highest BCUT2D eigenvalue weighted by Crippen LogP contribution is 2.32. The van der Waals surface area contributed by atoms with Crippen LogP contribution >= 0.6 is 12.4 Å². The van der Waals surface area contributed by atoms with E-state index in [0.29, 0.717) is 24.0 Å². The number of benzene rings is 2. The van der Waals surface area contributed by atoms with Gasteiger partial charge in [-0.3, -0.25) is 10.1 Å². The number of phenolic OH excluding ortho intramolecular Hbond substituents is 1. The number of carboxylic acid groups (broad SMARTS) is 1. The normalized spacial score (nSPS) is 14.0. The molecule has 1 aliphatic rings. The summed E-state index contributed by atoms with van der Waals surface area (Å²) in [6, 6.07) is 11.9. The van der Waals surface area contributed by atoms with E-state index in [0.717, 1.165) is 41.3 Å². The summed E-state index contributed by atoms with van der Waals surface area (Å²) >= 11 is 0. The van der Waals surface area contributed by atoms with E-state index in [1.165, 1.54) is 0 Å². The SMILES string of the molecule is Cl.O=C(O)[C@H](Cc1ccccc1)NCc1c(O)ccc2c3c(c(=O)oc12)CCCC3. The number of hydrogen-bond donors (Lipinski definition) is 3. The monoisotopic (exact) mass is 429 g/mol. The van der Waals surface area contributed by atoms with Crippen molar-refractivity contribution in [1.82, 2.24) is 5.32 Å². The van der Waals surface area contributed by atoms with Gasteiger partial charge in [0.1, 0.15) is 17.4 Å². The quantitative estimate of drug-likeness (QED) is 0.518. The fraction of sp³-hybridized carbons (Fsp3) is 0.304. The summed E-state index contributed by atoms with van der Waals surface area (Å²) in [5.41, 5.74) is 3.00. The van der Waals surface area contributed by atoms with Gasteiger partial charge in [0.2, 0.25) is 0 Å². The minimum absolute atomic E-state index is 0. The van der Waals surface area contributed by atoms with Gasteiger partial charge >= 0.3 is 11.6 Å². The Labute approximate surface area is 180 Å². The van der Waals surface area contributed by atoms with E-state index >= 15 is 0 Å². The number of aliphatic carboxylic acids is 1. The molecule has 7 heteroatoms. The summed E-state index contributed by atoms with van der Waals surface area (Å²) in [7, 11) is 0. The van der Waals surface area contributed by atoms with E-state index in [4.69, 9.17) is 4.42 Å². The number of hydrogen-bond acceptors (Lipinski definition) is 5. The third-order valence-electron chi connectivity index (χ3n) is 5.58. The van der Waals surface area contributed by atoms with Crippen molar-refractivity contribution in [3.05, 3.63) is 75.1 Å². The Morgan fingerprint density at radius 3 is 2.47 bits per heavy atom. The number of nitrogens with one attached hydrogen (secondary N) is 1. The number of halogens is 1. The molecule has 1 aliphatic carbocycles. The Kier molecular flexibility index (Phi) is 6.80. The number of aryl methyl sites for hydroxylation is 1. The van der Waals surface area contributed by atoms with E-state index in [2.05, 4.69) is 5.32 Å². The minimum Gasteiger partial charge on any atom is -0.507 e. The van der Waals surface area contributed by atoms with Crippen LogP contribution in [0.2, 0.25) is 0 Å². The summed E-state index contributed by atoms with van der Waals surface area (Å²) in [4.78, 5) is 24.2. The summed E-state index contributed by atoms with van der Waals surface area (Å²) in [6.45, 7) is 0.0781. The van der Waals surface area contributed by atoms with Gasteiger partial charge in [0.05, 0.1) is 5.56 Å². The average molecular weight is 430 g/mol. The fourth-order valence-electron chi connectivity index (χ4n) is 4.05. The lowest BCUT2D eigenvalue weighted by Gasteiger charge is -2.19. The van der Waals surface area contributed by atoms with Crippen molar-refractivity contribution in [3.63, 3.8) is 0 Å². The molecule has 6 nitrogen and oxygen atoms in total. The summed E-state index contributed by atoms with van der Waals surface area (Å²) in [5, 5.41) is 23.8. The minimum atomic E-state index is -0.979. The van der Waals surface area contributed by atoms with Gasteiger partial charge < -0.3 is 14.6 Å². The van der Waals surface area contributed by atoms with Crippen LogP contribution in [0.5, 0.6) is 5.75 Å². The molecule has 2 aromatic carbocycles. The van der Waals surface area contributed by atoms with Crippen molar-refractivity contribution >= 4 is 29.3 Å². The molecule has 4 rings (SSSR count). The number of phenols is 1. The molecular formula is C23H24ClNO5. The molecule has 1 heterocycles. The maximum atomic E-state index is 12.5. The van der Waals surface area contributed by atoms with Crippen LogP contribution in [0.15, 0.2) is 51.7 Å². The number of fused-ring (bicyclic) bond motifs is 3. The highest BCUT2D eigenvalue weighted by Gasteiger charge is 2.23. The lowest BCUT2D eigenvalue weighted by molar-refractivity contribution is -0.139. The molecule has 3 N–H and O–H groups in total. The van der Waals surface area contributed by atoms with Gasteiger partial charge in [-0.15, -0.1) is 12.4 Å². The molecule has 1 atom stereocenters. The standard InChI is InChI=1S/C23H23NO5.ClH/c25-20-11-10-16-15-8-4-5-9-17(15)23(28)29-21(16)18(20)13-24-19(22(26)27)12-14-6-2-1-3-7-14;/h1-3,6-7,10-11,19,24-25H,4-5,8-9,12-13H2,(H,26,27);1H/t19-;/m0./s1. The van der Waals surface area contributed by atoms with Crippen molar-refractivity contribution in [3.8, 4) is 5.75 Å². The van der Waals surface area contributed by atoms with Crippen molar-refractivity contribution in [2.45, 2.75) is 44.7 Å². The first-order chi connectivity index (χ1) is 14.0. The number of rotatable bonds is 6. The molecule has 0 aliphatic heterocycles. The van der Waals surface area contributed by atoms with Crippen LogP contribution < -0.4 is 10.9 Å². The van der Waals surface area contributed by atoms with Crippen LogP contribution in [0.4, 0.5) is 0 Å². The van der Waals surface area contributed by atoms with Gasteiger partial charge in [-0.1, -0.05) is 30.3 Å². The van der Waals surface area contributed by atoms with Gasteiger partial charge in [-0.2, -0.15) is 0 Å². The number of carboxylic acids is 1. The molecule has 0 saturated heterocycles. The summed E-state index contributed by atoms with van der Waals surface area (Å²) < 4.78 is 5.58. The van der Waals surface area contributed by atoms with Crippen LogP contribution in [0.1, 0.15) is 35.1 Å². The molecule has 0 unspecified atom stereocenters. The molecule has 30 heavy (non-hydrogen) atoms. The first-order valence-electron chi connectivity index (χ1n) is 9.84. The molecule has 0 fully saturated rings. The van der Waals surface area contributed by atoms with Gasteiger partial charge in [0.25, 0.3) is 0 Å². The van der Waals surface area contributed by atoms with Crippen LogP contribution in [0.25, 0.3) is 11.0 Å². The van der Waals surface area contributed by atoms with Crippen LogP contribution in [0.3, 0.4) is 0 Å². The predicted octanol–water partition coefficient (Wildman–Crippen LogP) is 3.58. The zero-order valence-electron chi connectivity index (χ0n) is 16.4. The molecule has 0 bridgehead atoms. The zero-order valence-corrected chi connectivity index (χ0v) is 17.2. The number of aromatic hydroxyl groups is 1. The fourth-order valence-corrected chi connectivity index (χ4v) is 4.05. The maximum absolute atomic E-state index is 12.5. The Morgan fingerprint density at radius 1 is 1.07 bits per heavy atom. The molecular weight excluding hydrogens is 406 g/mol. The zero-order chi connectivity index (χ0) is 20.4. The van der Waals surface area contributed by atoms with Gasteiger partial charge in [-0.05, 0) is 55.4 Å². The van der Waals surface area contributed by atoms with Gasteiger partial charge in [-0.25, -0.2) is 4.79 Å². The van der Waals surface area contributed by atoms with E-state index in [1.54, 1.807) is 12.1 Å². The Morgan fingerprint density at radius 2 is 1.77 bits per heavy atom. The smallest absolute Gasteiger partial charge is 0.339 e. The van der Waals surface area contributed by atoms with E-state index in [9.17, 15) is 19.8 Å². The van der Waals surface area contributed by atoms with Gasteiger partial charge in [0.15, 0.2) is 0 Å². The second-order valence-electron chi connectivity index (χ2n) is 7.46. The maximum Gasteiger partial charge on any atom is 0.339 e. The molecule has 0 amide bonds. The summed E-state index contributed by atoms with van der Waals surface area (Å²) in [6.07, 6.45) is 3.80. The molecule has 0 spiro atoms. The molecule has 0 saturated carbocycles. The van der Waals surface area contributed by atoms with Crippen molar-refractivity contribution in [2.75, 3.05) is 0 Å². The summed E-state index contributed by atoms with van der Waals surface area (Å²) in [5.74, 6) is -1.000. The second-order valence-corrected chi connectivity index (χ2v) is 7.46. The lowest BCUT2D eigenvalue weighted by atomic mass is 9.90. The predicted molar refractivity (Wildman–Crippen MR) is 116 cm³/mol. The van der Waals surface area contributed by atoms with Gasteiger partial charge in [0, 0.05) is 17.5 Å². The molecule has 0 radical (unpaired) electrons. The first-order valence-corrected chi connectivity index (χ1v) is 9.84. The third kappa shape index (κ3) is 4.35. The second kappa shape index (κ2) is 9.32. The van der Waals surface area contributed by atoms with E-state index in [-0.39, 0.29) is 30.3 Å². The van der Waals surface area contributed by atoms with Crippen LogP contribution in [0, 0.1) is 0 Å². The van der Waals surface area contributed by atoms with Crippen molar-refractivity contribution in [2.24, 2.45) is 0 Å². The first kappa shape index (κ1) is 21.9. The topological polar surface area (TPSA) is 99.8 Å². The highest BCUT2D eigenvalue weighted by molar-refractivity contribution is 5.86. The van der Waals surface area contributed by atoms with Crippen LogP contribution in [-0.4, -0.2) is 22.2 Å². The van der Waals surface area contributed by atoms with Crippen molar-refractivity contribution in [1.29, 1.82) is 0 Å². The lowest BCUT2D eigenvalue weighted by Crippen LogP contribution is -2.38. The Balaban J connectivity index is 0.00000256. The van der Waals surface area contributed by atoms with E-state index < -0.39 is 12.0 Å². The Hall–Kier alpha value is -2.83. The molecule has 1 aromatic heterocycles. The molecule has 158 valence electrons. The van der Waals surface area contributed by atoms with E-state index in [1.807, 2.05) is 30.3 Å². The highest BCUT2D eigenvalue weighted by atomic mass is 35.5. The molecule has 3 aromatic rings. The van der Waals surface area contributed by atoms with Crippen molar-refractivity contribution < 1.29 is 19.4 Å². The van der Waals surface area contributed by atoms with Crippen LogP contribution in [-0.2, 0) is 30.6 Å². The largest absolute Gasteiger partial charge is 0.507 e. The third-order valence-corrected chi connectivity index (χ3v) is 5.58. The average Bonchev–Trinajstić information content (AvgIpc) is 2.73.